The summed E-state index contributed by atoms with van der Waals surface area (Å²) in [4.78, 5) is 19.0. The van der Waals surface area contributed by atoms with Crippen molar-refractivity contribution in [1.82, 2.24) is 30.1 Å². The molecular formula is C30H31FN6O2. The van der Waals surface area contributed by atoms with Crippen LogP contribution in [0.4, 0.5) is 4.39 Å². The van der Waals surface area contributed by atoms with E-state index in [1.807, 2.05) is 50.2 Å². The zero-order chi connectivity index (χ0) is 27.4. The Labute approximate surface area is 226 Å². The Morgan fingerprint density at radius 1 is 1.00 bits per heavy atom. The molecule has 0 aliphatic carbocycles. The molecule has 0 spiro atoms. The Hall–Kier alpha value is -4.21. The molecule has 39 heavy (non-hydrogen) atoms. The first-order valence-corrected chi connectivity index (χ1v) is 12.8. The maximum absolute atomic E-state index is 13.8. The zero-order valence-corrected chi connectivity index (χ0v) is 22.3. The fourth-order valence-corrected chi connectivity index (χ4v) is 5.03. The number of nitrogens with zero attached hydrogens (tertiary/aromatic N) is 5. The first kappa shape index (κ1) is 26.4. The van der Waals surface area contributed by atoms with Crippen molar-refractivity contribution in [1.29, 1.82) is 0 Å². The van der Waals surface area contributed by atoms with Crippen molar-refractivity contribution in [2.45, 2.75) is 39.5 Å². The molecule has 5 rings (SSSR count). The number of benzene rings is 3. The van der Waals surface area contributed by atoms with E-state index in [4.69, 9.17) is 4.74 Å². The molecule has 0 radical (unpaired) electrons. The van der Waals surface area contributed by atoms with Gasteiger partial charge < -0.3 is 9.72 Å². The summed E-state index contributed by atoms with van der Waals surface area (Å²) in [5.74, 6) is 0.226. The molecule has 0 aliphatic rings. The zero-order valence-electron chi connectivity index (χ0n) is 22.3. The van der Waals surface area contributed by atoms with Gasteiger partial charge in [-0.15, -0.1) is 5.10 Å². The van der Waals surface area contributed by atoms with Crippen molar-refractivity contribution in [3.8, 4) is 0 Å². The number of pyridine rings is 1. The molecule has 1 N–H and O–H groups in total. The molecule has 2 heterocycles. The van der Waals surface area contributed by atoms with Crippen LogP contribution in [0.5, 0.6) is 0 Å². The van der Waals surface area contributed by atoms with Gasteiger partial charge in [-0.3, -0.25) is 9.69 Å². The van der Waals surface area contributed by atoms with Crippen LogP contribution in [0, 0.1) is 19.7 Å². The molecule has 2 aromatic heterocycles. The van der Waals surface area contributed by atoms with Crippen LogP contribution in [0.2, 0.25) is 0 Å². The number of H-pyrrole nitrogens is 1. The van der Waals surface area contributed by atoms with Crippen LogP contribution >= 0.6 is 0 Å². The van der Waals surface area contributed by atoms with E-state index in [1.54, 1.807) is 23.9 Å². The highest BCUT2D eigenvalue weighted by atomic mass is 19.1. The Kier molecular flexibility index (Phi) is 7.90. The van der Waals surface area contributed by atoms with E-state index in [0.29, 0.717) is 37.6 Å². The van der Waals surface area contributed by atoms with Gasteiger partial charge in [0.15, 0.2) is 5.82 Å². The van der Waals surface area contributed by atoms with Crippen molar-refractivity contribution in [2.24, 2.45) is 0 Å². The standard InChI is InChI=1S/C30H31FN6O2/c1-20-15-21(2)27-24(16-20)17-26(30(38)32-27)28(29-33-34-35-37(29)13-14-39-3)36(18-22-7-5-4-6-8-22)19-23-9-11-25(31)12-10-23/h4-12,15-17,28H,13-14,18-19H2,1-3H3,(H,32,38)/t28-/m0/s1. The molecule has 0 amide bonds. The minimum Gasteiger partial charge on any atom is -0.383 e. The molecule has 8 nitrogen and oxygen atoms in total. The second kappa shape index (κ2) is 11.7. The summed E-state index contributed by atoms with van der Waals surface area (Å²) < 4.78 is 20.7. The van der Waals surface area contributed by atoms with E-state index in [-0.39, 0.29) is 11.4 Å². The number of hydrogen-bond donors (Lipinski definition) is 1. The molecule has 200 valence electrons. The highest BCUT2D eigenvalue weighted by Crippen LogP contribution is 2.31. The number of hydrogen-bond acceptors (Lipinski definition) is 6. The van der Waals surface area contributed by atoms with Gasteiger partial charge in [-0.25, -0.2) is 9.07 Å². The first-order chi connectivity index (χ1) is 18.9. The van der Waals surface area contributed by atoms with Gasteiger partial charge in [-0.2, -0.15) is 0 Å². The number of aromatic amines is 1. The number of aromatic nitrogens is 5. The summed E-state index contributed by atoms with van der Waals surface area (Å²) in [6.45, 7) is 5.80. The van der Waals surface area contributed by atoms with Crippen molar-refractivity contribution in [3.05, 3.63) is 123 Å². The third-order valence-electron chi connectivity index (χ3n) is 6.82. The van der Waals surface area contributed by atoms with E-state index in [9.17, 15) is 9.18 Å². The van der Waals surface area contributed by atoms with E-state index >= 15 is 0 Å². The van der Waals surface area contributed by atoms with Gasteiger partial charge in [0.05, 0.1) is 18.7 Å². The van der Waals surface area contributed by atoms with E-state index < -0.39 is 6.04 Å². The summed E-state index contributed by atoms with van der Waals surface area (Å²) in [5.41, 5.74) is 5.19. The van der Waals surface area contributed by atoms with E-state index in [0.717, 1.165) is 33.2 Å². The number of tetrazole rings is 1. The number of halogens is 1. The normalized spacial score (nSPS) is 12.3. The van der Waals surface area contributed by atoms with Crippen molar-refractivity contribution < 1.29 is 9.13 Å². The summed E-state index contributed by atoms with van der Waals surface area (Å²) in [6.07, 6.45) is 0. The van der Waals surface area contributed by atoms with Gasteiger partial charge in [0.2, 0.25) is 0 Å². The molecule has 0 saturated heterocycles. The lowest BCUT2D eigenvalue weighted by Crippen LogP contribution is -2.35. The van der Waals surface area contributed by atoms with Crippen LogP contribution in [0.25, 0.3) is 10.9 Å². The van der Waals surface area contributed by atoms with Gasteiger partial charge in [-0.1, -0.05) is 54.1 Å². The minimum absolute atomic E-state index is 0.210. The van der Waals surface area contributed by atoms with Gasteiger partial charge in [0.25, 0.3) is 5.56 Å². The predicted molar refractivity (Wildman–Crippen MR) is 148 cm³/mol. The fraction of sp³-hybridized carbons (Fsp3) is 0.267. The molecule has 0 aliphatic heterocycles. The second-order valence-corrected chi connectivity index (χ2v) is 9.77. The highest BCUT2D eigenvalue weighted by molar-refractivity contribution is 5.83. The van der Waals surface area contributed by atoms with Crippen LogP contribution in [0.1, 0.15) is 39.7 Å². The van der Waals surface area contributed by atoms with Crippen LogP contribution in [0.15, 0.2) is 77.6 Å². The van der Waals surface area contributed by atoms with Crippen LogP contribution in [0.3, 0.4) is 0 Å². The molecule has 0 fully saturated rings. The van der Waals surface area contributed by atoms with Gasteiger partial charge in [0, 0.05) is 25.8 Å². The monoisotopic (exact) mass is 526 g/mol. The molecule has 0 saturated carbocycles. The third-order valence-corrected chi connectivity index (χ3v) is 6.82. The van der Waals surface area contributed by atoms with Crippen molar-refractivity contribution in [2.75, 3.05) is 13.7 Å². The summed E-state index contributed by atoms with van der Waals surface area (Å²) >= 11 is 0. The lowest BCUT2D eigenvalue weighted by atomic mass is 9.99. The fourth-order valence-electron chi connectivity index (χ4n) is 5.03. The topological polar surface area (TPSA) is 88.9 Å². The Balaban J connectivity index is 1.70. The second-order valence-electron chi connectivity index (χ2n) is 9.77. The predicted octanol–water partition coefficient (Wildman–Crippen LogP) is 4.71. The molecule has 5 aromatic rings. The van der Waals surface area contributed by atoms with Crippen LogP contribution in [-0.2, 0) is 24.4 Å². The van der Waals surface area contributed by atoms with Crippen LogP contribution < -0.4 is 5.56 Å². The smallest absolute Gasteiger partial charge is 0.253 e. The maximum atomic E-state index is 13.8. The average molecular weight is 527 g/mol. The van der Waals surface area contributed by atoms with E-state index in [2.05, 4.69) is 37.5 Å². The highest BCUT2D eigenvalue weighted by Gasteiger charge is 2.31. The van der Waals surface area contributed by atoms with Gasteiger partial charge in [0.1, 0.15) is 11.9 Å². The minimum atomic E-state index is -0.601. The number of ether oxygens (including phenoxy) is 1. The average Bonchev–Trinajstić information content (AvgIpc) is 3.38. The number of nitrogens with one attached hydrogen (secondary N) is 1. The molecular weight excluding hydrogens is 495 g/mol. The van der Waals surface area contributed by atoms with Crippen molar-refractivity contribution in [3.63, 3.8) is 0 Å². The number of methoxy groups -OCH3 is 1. The maximum Gasteiger partial charge on any atom is 0.253 e. The number of rotatable bonds is 10. The Bertz CT molecular complexity index is 1610. The summed E-state index contributed by atoms with van der Waals surface area (Å²) in [6, 6.07) is 21.9. The lowest BCUT2D eigenvalue weighted by Gasteiger charge is -2.31. The van der Waals surface area contributed by atoms with Gasteiger partial charge in [-0.05, 0) is 70.6 Å². The quantitative estimate of drug-likeness (QED) is 0.284. The Morgan fingerprint density at radius 3 is 2.44 bits per heavy atom. The third kappa shape index (κ3) is 5.94. The Morgan fingerprint density at radius 2 is 1.72 bits per heavy atom. The number of fused-ring (bicyclic) bond motifs is 1. The molecule has 9 heteroatoms. The van der Waals surface area contributed by atoms with E-state index in [1.165, 1.54) is 12.1 Å². The molecule has 3 aromatic carbocycles. The number of aryl methyl sites for hydroxylation is 2. The summed E-state index contributed by atoms with van der Waals surface area (Å²) in [7, 11) is 1.62. The molecule has 1 atom stereocenters. The molecule has 0 unspecified atom stereocenters. The van der Waals surface area contributed by atoms with Crippen molar-refractivity contribution >= 4 is 10.9 Å². The lowest BCUT2D eigenvalue weighted by molar-refractivity contribution is 0.169. The SMILES string of the molecule is COCCn1nnnc1[C@H](c1cc2cc(C)cc(C)c2[nH]c1=O)N(Cc1ccccc1)Cc1ccc(F)cc1. The largest absolute Gasteiger partial charge is 0.383 e. The summed E-state index contributed by atoms with van der Waals surface area (Å²) in [5, 5.41) is 13.5. The van der Waals surface area contributed by atoms with Gasteiger partial charge >= 0.3 is 0 Å². The van der Waals surface area contributed by atoms with Crippen LogP contribution in [-0.4, -0.2) is 43.8 Å². The first-order valence-electron chi connectivity index (χ1n) is 12.8. The molecule has 0 bridgehead atoms.